The van der Waals surface area contributed by atoms with Crippen LogP contribution in [0.1, 0.15) is 57.6 Å². The number of carbonyl (C=O) groups is 3. The van der Waals surface area contributed by atoms with Crippen molar-refractivity contribution >= 4 is 23.3 Å². The zero-order chi connectivity index (χ0) is 25.7. The van der Waals surface area contributed by atoms with Crippen LogP contribution >= 0.6 is 0 Å². The molecule has 0 spiro atoms. The van der Waals surface area contributed by atoms with Gasteiger partial charge in [0.25, 0.3) is 11.8 Å². The van der Waals surface area contributed by atoms with E-state index in [1.54, 1.807) is 30.3 Å². The van der Waals surface area contributed by atoms with Crippen molar-refractivity contribution in [1.82, 2.24) is 5.32 Å². The summed E-state index contributed by atoms with van der Waals surface area (Å²) in [4.78, 5) is 39.3. The summed E-state index contributed by atoms with van der Waals surface area (Å²) in [6.07, 6.45) is 1.86. The molecule has 8 nitrogen and oxygen atoms in total. The maximum Gasteiger partial charge on any atom is 0.286 e. The number of furan rings is 1. The highest BCUT2D eigenvalue weighted by Crippen LogP contribution is 2.34. The highest BCUT2D eigenvalue weighted by atomic mass is 16.5. The lowest BCUT2D eigenvalue weighted by Gasteiger charge is -2.29. The Morgan fingerprint density at radius 2 is 1.83 bits per heavy atom. The predicted molar refractivity (Wildman–Crippen MR) is 135 cm³/mol. The van der Waals surface area contributed by atoms with Crippen LogP contribution in [0.2, 0.25) is 0 Å². The van der Waals surface area contributed by atoms with E-state index in [1.165, 1.54) is 4.90 Å². The van der Waals surface area contributed by atoms with Gasteiger partial charge < -0.3 is 19.2 Å². The molecule has 0 radical (unpaired) electrons. The lowest BCUT2D eigenvalue weighted by molar-refractivity contribution is -0.121. The van der Waals surface area contributed by atoms with Crippen molar-refractivity contribution in [2.45, 2.75) is 40.2 Å². The van der Waals surface area contributed by atoms with Crippen molar-refractivity contribution < 1.29 is 28.3 Å². The number of nitrogens with one attached hydrogen (secondary N) is 1. The second-order valence-corrected chi connectivity index (χ2v) is 8.86. The van der Waals surface area contributed by atoms with E-state index in [2.05, 4.69) is 5.32 Å². The lowest BCUT2D eigenvalue weighted by atomic mass is 10.1. The molecule has 36 heavy (non-hydrogen) atoms. The maximum absolute atomic E-state index is 12.9. The Morgan fingerprint density at radius 3 is 2.58 bits per heavy atom. The van der Waals surface area contributed by atoms with E-state index in [1.807, 2.05) is 39.0 Å². The van der Waals surface area contributed by atoms with Crippen LogP contribution in [-0.2, 0) is 11.3 Å². The van der Waals surface area contributed by atoms with E-state index >= 15 is 0 Å². The summed E-state index contributed by atoms with van der Waals surface area (Å²) >= 11 is 0. The second kappa shape index (κ2) is 11.1. The predicted octanol–water partition coefficient (Wildman–Crippen LogP) is 4.61. The lowest BCUT2D eigenvalue weighted by Crippen LogP contribution is -2.38. The third kappa shape index (κ3) is 5.94. The molecule has 0 fully saturated rings. The summed E-state index contributed by atoms with van der Waals surface area (Å²) in [6.45, 7) is 6.41. The van der Waals surface area contributed by atoms with E-state index in [0.29, 0.717) is 35.1 Å². The number of benzene rings is 2. The fourth-order valence-electron chi connectivity index (χ4n) is 4.00. The summed E-state index contributed by atoms with van der Waals surface area (Å²) in [5.74, 6) is 0.973. The van der Waals surface area contributed by atoms with Crippen molar-refractivity contribution in [3.8, 4) is 11.5 Å². The van der Waals surface area contributed by atoms with Crippen LogP contribution in [0, 0.1) is 13.8 Å². The molecule has 1 aliphatic rings. The van der Waals surface area contributed by atoms with Crippen molar-refractivity contribution in [2.75, 3.05) is 24.7 Å². The number of nitrogens with zero attached hydrogens (tertiary/aromatic N) is 1. The summed E-state index contributed by atoms with van der Waals surface area (Å²) < 4.78 is 17.0. The molecule has 8 heteroatoms. The average molecular weight is 491 g/mol. The monoisotopic (exact) mass is 490 g/mol. The maximum atomic E-state index is 12.9. The minimum Gasteiger partial charge on any atom is -0.485 e. The van der Waals surface area contributed by atoms with Crippen LogP contribution in [0.3, 0.4) is 0 Å². The van der Waals surface area contributed by atoms with Gasteiger partial charge in [0.05, 0.1) is 12.2 Å². The summed E-state index contributed by atoms with van der Waals surface area (Å²) in [5, 5.41) is 2.81. The highest BCUT2D eigenvalue weighted by Gasteiger charge is 2.28. The number of amides is 2. The molecule has 1 N–H and O–H groups in total. The normalized spacial score (nSPS) is 12.6. The van der Waals surface area contributed by atoms with E-state index in [4.69, 9.17) is 13.9 Å². The standard InChI is InChI=1S/C28H30N2O6/c1-4-5-10-29-28(33)26-9-7-21(36-26)15-30-23-14-20(6-8-25(23)35-17-27(30)32)24(31)16-34-22-12-18(2)11-19(3)13-22/h6-9,11-14H,4-5,10,15-17H2,1-3H3,(H,29,33). The minimum atomic E-state index is -0.292. The molecule has 0 saturated carbocycles. The number of fused-ring (bicyclic) bond motifs is 1. The Labute approximate surface area is 210 Å². The number of ether oxygens (including phenoxy) is 2. The van der Waals surface area contributed by atoms with Gasteiger partial charge >= 0.3 is 0 Å². The largest absolute Gasteiger partial charge is 0.485 e. The van der Waals surface area contributed by atoms with Crippen LogP contribution in [0.15, 0.2) is 52.9 Å². The van der Waals surface area contributed by atoms with Gasteiger partial charge in [-0.15, -0.1) is 0 Å². The SMILES string of the molecule is CCCCNC(=O)c1ccc(CN2C(=O)COc3ccc(C(=O)COc4cc(C)cc(C)c4)cc32)o1. The van der Waals surface area contributed by atoms with Crippen molar-refractivity contribution in [3.63, 3.8) is 0 Å². The zero-order valence-electron chi connectivity index (χ0n) is 20.8. The molecule has 188 valence electrons. The third-order valence-electron chi connectivity index (χ3n) is 5.80. The smallest absolute Gasteiger partial charge is 0.286 e. The number of unbranched alkanes of at least 4 members (excludes halogenated alkanes) is 1. The number of aryl methyl sites for hydroxylation is 2. The van der Waals surface area contributed by atoms with Crippen LogP contribution in [0.25, 0.3) is 0 Å². The van der Waals surface area contributed by atoms with Crippen molar-refractivity contribution in [2.24, 2.45) is 0 Å². The van der Waals surface area contributed by atoms with Gasteiger partial charge in [0.1, 0.15) is 17.3 Å². The number of hydrogen-bond acceptors (Lipinski definition) is 6. The molecule has 3 aromatic rings. The van der Waals surface area contributed by atoms with Gasteiger partial charge in [-0.05, 0) is 73.9 Å². The van der Waals surface area contributed by atoms with Gasteiger partial charge in [0, 0.05) is 12.1 Å². The summed E-state index contributed by atoms with van der Waals surface area (Å²) in [7, 11) is 0. The molecule has 0 aliphatic carbocycles. The van der Waals surface area contributed by atoms with E-state index < -0.39 is 0 Å². The first-order chi connectivity index (χ1) is 17.3. The first-order valence-electron chi connectivity index (χ1n) is 12.0. The van der Waals surface area contributed by atoms with Crippen molar-refractivity contribution in [1.29, 1.82) is 0 Å². The molecule has 1 aromatic heterocycles. The number of rotatable bonds is 10. The molecular weight excluding hydrogens is 460 g/mol. The van der Waals surface area contributed by atoms with Gasteiger partial charge in [-0.2, -0.15) is 0 Å². The Bertz CT molecular complexity index is 1260. The van der Waals surface area contributed by atoms with Crippen LogP contribution < -0.4 is 19.7 Å². The molecule has 0 atom stereocenters. The Kier molecular flexibility index (Phi) is 7.73. The molecule has 1 aliphatic heterocycles. The topological polar surface area (TPSA) is 98.1 Å². The summed E-state index contributed by atoms with van der Waals surface area (Å²) in [6, 6.07) is 14.0. The number of carbonyl (C=O) groups excluding carboxylic acids is 3. The average Bonchev–Trinajstić information content (AvgIpc) is 3.32. The van der Waals surface area contributed by atoms with E-state index in [0.717, 1.165) is 24.0 Å². The third-order valence-corrected chi connectivity index (χ3v) is 5.80. The molecule has 0 unspecified atom stereocenters. The van der Waals surface area contributed by atoms with Gasteiger partial charge in [-0.3, -0.25) is 19.3 Å². The van der Waals surface area contributed by atoms with Crippen molar-refractivity contribution in [3.05, 3.63) is 76.7 Å². The Balaban J connectivity index is 1.47. The molecule has 4 rings (SSSR count). The highest BCUT2D eigenvalue weighted by molar-refractivity contribution is 6.02. The number of Topliss-reactive ketones (excluding diaryl/α,β-unsaturated/α-hetero) is 1. The molecule has 0 saturated heterocycles. The number of anilines is 1. The zero-order valence-corrected chi connectivity index (χ0v) is 20.8. The fourth-order valence-corrected chi connectivity index (χ4v) is 4.00. The number of hydrogen-bond donors (Lipinski definition) is 1. The minimum absolute atomic E-state index is 0.105. The molecule has 2 heterocycles. The fraction of sp³-hybridized carbons (Fsp3) is 0.321. The second-order valence-electron chi connectivity index (χ2n) is 8.86. The first-order valence-corrected chi connectivity index (χ1v) is 12.0. The number of ketones is 1. The van der Waals surface area contributed by atoms with Crippen LogP contribution in [-0.4, -0.2) is 37.4 Å². The van der Waals surface area contributed by atoms with Crippen LogP contribution in [0.5, 0.6) is 11.5 Å². The molecular formula is C28H30N2O6. The Morgan fingerprint density at radius 1 is 1.06 bits per heavy atom. The van der Waals surface area contributed by atoms with E-state index in [-0.39, 0.29) is 43.1 Å². The molecule has 2 amide bonds. The van der Waals surface area contributed by atoms with Gasteiger partial charge in [0.2, 0.25) is 0 Å². The first kappa shape index (κ1) is 25.0. The Hall–Kier alpha value is -4.07. The van der Waals surface area contributed by atoms with Gasteiger partial charge in [0.15, 0.2) is 24.8 Å². The summed E-state index contributed by atoms with van der Waals surface area (Å²) in [5.41, 5.74) is 2.97. The van der Waals surface area contributed by atoms with Gasteiger partial charge in [-0.25, -0.2) is 0 Å². The quantitative estimate of drug-likeness (QED) is 0.329. The van der Waals surface area contributed by atoms with E-state index in [9.17, 15) is 14.4 Å². The van der Waals surface area contributed by atoms with Crippen LogP contribution in [0.4, 0.5) is 5.69 Å². The van der Waals surface area contributed by atoms with Gasteiger partial charge in [-0.1, -0.05) is 19.4 Å². The molecule has 0 bridgehead atoms. The molecule has 2 aromatic carbocycles.